The molecule has 0 bridgehead atoms. The second kappa shape index (κ2) is 3.96. The highest BCUT2D eigenvalue weighted by molar-refractivity contribution is 6.05. The molecule has 1 heterocycles. The van der Waals surface area contributed by atoms with E-state index in [2.05, 4.69) is 0 Å². The van der Waals surface area contributed by atoms with Crippen LogP contribution in [0.15, 0.2) is 30.3 Å². The van der Waals surface area contributed by atoms with Gasteiger partial charge in [-0.05, 0) is 12.0 Å². The van der Waals surface area contributed by atoms with Gasteiger partial charge in [-0.15, -0.1) is 0 Å². The summed E-state index contributed by atoms with van der Waals surface area (Å²) in [6.45, 7) is 0. The number of nitrogens with zero attached hydrogens (tertiary/aromatic N) is 2. The van der Waals surface area contributed by atoms with Gasteiger partial charge in [-0.1, -0.05) is 30.3 Å². The van der Waals surface area contributed by atoms with Gasteiger partial charge in [-0.25, -0.2) is 0 Å². The lowest BCUT2D eigenvalue weighted by atomic mass is 9.99. The fraction of sp³-hybridized carbons (Fsp3) is 0.333. The zero-order valence-electron chi connectivity index (χ0n) is 9.38. The van der Waals surface area contributed by atoms with Crippen molar-refractivity contribution in [2.45, 2.75) is 6.42 Å². The molecule has 2 amide bonds. The van der Waals surface area contributed by atoms with Crippen molar-refractivity contribution in [2.24, 2.45) is 5.92 Å². The first-order valence-electron chi connectivity index (χ1n) is 5.20. The molecule has 1 aliphatic heterocycles. The van der Waals surface area contributed by atoms with Crippen LogP contribution in [0.1, 0.15) is 5.56 Å². The van der Waals surface area contributed by atoms with Gasteiger partial charge in [0.2, 0.25) is 0 Å². The molecule has 0 radical (unpaired) electrons. The fourth-order valence-corrected chi connectivity index (χ4v) is 1.88. The zero-order valence-corrected chi connectivity index (χ0v) is 9.38. The second-order valence-corrected chi connectivity index (χ2v) is 3.97. The van der Waals surface area contributed by atoms with E-state index in [0.717, 1.165) is 5.56 Å². The molecule has 0 unspecified atom stereocenters. The van der Waals surface area contributed by atoms with E-state index in [1.54, 1.807) is 14.1 Å². The van der Waals surface area contributed by atoms with Crippen molar-refractivity contribution in [3.63, 3.8) is 0 Å². The number of carbonyl (C=O) groups is 2. The van der Waals surface area contributed by atoms with Crippen LogP contribution in [0.25, 0.3) is 0 Å². The smallest absolute Gasteiger partial charge is 0.253 e. The SMILES string of the molecule is CN1C(=O)C(Cc2ccccc2)C(=O)N1C. The number of carbonyl (C=O) groups excluding carboxylic acids is 2. The highest BCUT2D eigenvalue weighted by Crippen LogP contribution is 2.20. The van der Waals surface area contributed by atoms with E-state index in [-0.39, 0.29) is 11.8 Å². The van der Waals surface area contributed by atoms with E-state index in [9.17, 15) is 9.59 Å². The lowest BCUT2D eigenvalue weighted by Crippen LogP contribution is -2.33. The maximum absolute atomic E-state index is 11.8. The van der Waals surface area contributed by atoms with Gasteiger partial charge in [-0.3, -0.25) is 19.6 Å². The van der Waals surface area contributed by atoms with Crippen LogP contribution in [0.2, 0.25) is 0 Å². The molecule has 1 aliphatic rings. The Balaban J connectivity index is 2.17. The summed E-state index contributed by atoms with van der Waals surface area (Å²) >= 11 is 0. The first-order valence-corrected chi connectivity index (χ1v) is 5.20. The van der Waals surface area contributed by atoms with Crippen molar-refractivity contribution >= 4 is 11.8 Å². The third kappa shape index (κ3) is 1.66. The van der Waals surface area contributed by atoms with Crippen LogP contribution >= 0.6 is 0 Å². The summed E-state index contributed by atoms with van der Waals surface area (Å²) in [5.41, 5.74) is 1.01. The summed E-state index contributed by atoms with van der Waals surface area (Å²) in [7, 11) is 3.23. The zero-order chi connectivity index (χ0) is 11.7. The first-order chi connectivity index (χ1) is 7.61. The van der Waals surface area contributed by atoms with Gasteiger partial charge < -0.3 is 0 Å². The van der Waals surface area contributed by atoms with Crippen LogP contribution in [-0.2, 0) is 16.0 Å². The Hall–Kier alpha value is -1.84. The fourth-order valence-electron chi connectivity index (χ4n) is 1.88. The van der Waals surface area contributed by atoms with Crippen LogP contribution < -0.4 is 0 Å². The Morgan fingerprint density at radius 2 is 1.50 bits per heavy atom. The van der Waals surface area contributed by atoms with Crippen LogP contribution in [0.4, 0.5) is 0 Å². The van der Waals surface area contributed by atoms with Crippen molar-refractivity contribution in [3.8, 4) is 0 Å². The number of hydrogen-bond acceptors (Lipinski definition) is 2. The monoisotopic (exact) mass is 218 g/mol. The Morgan fingerprint density at radius 1 is 1.00 bits per heavy atom. The highest BCUT2D eigenvalue weighted by Gasteiger charge is 2.41. The lowest BCUT2D eigenvalue weighted by molar-refractivity contribution is -0.141. The lowest BCUT2D eigenvalue weighted by Gasteiger charge is -2.17. The van der Waals surface area contributed by atoms with Gasteiger partial charge in [0, 0.05) is 14.1 Å². The van der Waals surface area contributed by atoms with Gasteiger partial charge in [0.1, 0.15) is 5.92 Å². The highest BCUT2D eigenvalue weighted by atomic mass is 16.2. The molecule has 1 aromatic carbocycles. The molecule has 0 N–H and O–H groups in total. The molecule has 4 heteroatoms. The van der Waals surface area contributed by atoms with Crippen molar-refractivity contribution in [2.75, 3.05) is 14.1 Å². The quantitative estimate of drug-likeness (QED) is 0.685. The summed E-state index contributed by atoms with van der Waals surface area (Å²) in [5, 5.41) is 2.74. The summed E-state index contributed by atoms with van der Waals surface area (Å²) in [4.78, 5) is 23.6. The Labute approximate surface area is 94.4 Å². The summed E-state index contributed by atoms with van der Waals surface area (Å²) < 4.78 is 0. The van der Waals surface area contributed by atoms with Gasteiger partial charge in [0.25, 0.3) is 11.8 Å². The maximum atomic E-state index is 11.8. The molecule has 2 rings (SSSR count). The van der Waals surface area contributed by atoms with Gasteiger partial charge in [0.15, 0.2) is 0 Å². The van der Waals surface area contributed by atoms with Gasteiger partial charge in [-0.2, -0.15) is 0 Å². The summed E-state index contributed by atoms with van der Waals surface area (Å²) in [6, 6.07) is 9.59. The van der Waals surface area contributed by atoms with Crippen LogP contribution in [0.5, 0.6) is 0 Å². The Bertz CT molecular complexity index is 396. The van der Waals surface area contributed by atoms with E-state index in [1.165, 1.54) is 10.0 Å². The van der Waals surface area contributed by atoms with E-state index < -0.39 is 5.92 Å². The molecule has 0 aliphatic carbocycles. The van der Waals surface area contributed by atoms with E-state index in [4.69, 9.17) is 0 Å². The third-order valence-electron chi connectivity index (χ3n) is 2.97. The van der Waals surface area contributed by atoms with Crippen molar-refractivity contribution in [1.29, 1.82) is 0 Å². The molecule has 1 saturated heterocycles. The minimum absolute atomic E-state index is 0.128. The van der Waals surface area contributed by atoms with E-state index >= 15 is 0 Å². The average molecular weight is 218 g/mol. The Kier molecular flexibility index (Phi) is 2.64. The second-order valence-electron chi connectivity index (χ2n) is 3.97. The van der Waals surface area contributed by atoms with E-state index in [0.29, 0.717) is 6.42 Å². The van der Waals surface area contributed by atoms with Crippen molar-refractivity contribution in [1.82, 2.24) is 10.0 Å². The van der Waals surface area contributed by atoms with E-state index in [1.807, 2.05) is 30.3 Å². The number of rotatable bonds is 2. The number of amides is 2. The molecule has 0 aromatic heterocycles. The molecule has 16 heavy (non-hydrogen) atoms. The largest absolute Gasteiger partial charge is 0.272 e. The first kappa shape index (κ1) is 10.7. The Morgan fingerprint density at radius 3 is 2.00 bits per heavy atom. The maximum Gasteiger partial charge on any atom is 0.253 e. The predicted octanol–water partition coefficient (Wildman–Crippen LogP) is 0.691. The molecule has 4 nitrogen and oxygen atoms in total. The average Bonchev–Trinajstić information content (AvgIpc) is 2.48. The van der Waals surface area contributed by atoms with Gasteiger partial charge >= 0.3 is 0 Å². The van der Waals surface area contributed by atoms with Crippen molar-refractivity contribution in [3.05, 3.63) is 35.9 Å². The molecule has 0 saturated carbocycles. The summed E-state index contributed by atoms with van der Waals surface area (Å²) in [5.74, 6) is -0.815. The number of hydrazine groups is 1. The topological polar surface area (TPSA) is 40.6 Å². The van der Waals surface area contributed by atoms with Crippen LogP contribution in [0, 0.1) is 5.92 Å². The molecule has 0 spiro atoms. The normalized spacial score (nSPS) is 17.4. The molecule has 1 fully saturated rings. The van der Waals surface area contributed by atoms with Crippen LogP contribution in [0.3, 0.4) is 0 Å². The minimum Gasteiger partial charge on any atom is -0.272 e. The molecule has 1 aromatic rings. The molecule has 0 atom stereocenters. The third-order valence-corrected chi connectivity index (χ3v) is 2.97. The number of benzene rings is 1. The standard InChI is InChI=1S/C12H14N2O2/c1-13-11(15)10(12(16)14(13)2)8-9-6-4-3-5-7-9/h3-7,10H,8H2,1-2H3. The van der Waals surface area contributed by atoms with Gasteiger partial charge in [0.05, 0.1) is 0 Å². The van der Waals surface area contributed by atoms with Crippen LogP contribution in [-0.4, -0.2) is 35.9 Å². The molecular weight excluding hydrogens is 204 g/mol. The predicted molar refractivity (Wildman–Crippen MR) is 59.2 cm³/mol. The summed E-state index contributed by atoms with van der Waals surface area (Å²) in [6.07, 6.45) is 0.479. The number of hydrogen-bond donors (Lipinski definition) is 0. The molecule has 84 valence electrons. The molecular formula is C12H14N2O2. The van der Waals surface area contributed by atoms with Crippen molar-refractivity contribution < 1.29 is 9.59 Å². The minimum atomic E-state index is -0.558.